The van der Waals surface area contributed by atoms with Crippen LogP contribution in [0.3, 0.4) is 0 Å². The fourth-order valence-electron chi connectivity index (χ4n) is 3.45. The van der Waals surface area contributed by atoms with E-state index in [0.29, 0.717) is 6.54 Å². The van der Waals surface area contributed by atoms with Crippen molar-refractivity contribution in [2.24, 2.45) is 0 Å². The van der Waals surface area contributed by atoms with Crippen LogP contribution in [0.1, 0.15) is 35.2 Å². The summed E-state index contributed by atoms with van der Waals surface area (Å²) in [7, 11) is 1.64. The van der Waals surface area contributed by atoms with Crippen molar-refractivity contribution in [3.05, 3.63) is 46.1 Å². The second kappa shape index (κ2) is 8.09. The lowest BCUT2D eigenvalue weighted by molar-refractivity contribution is -0.120. The summed E-state index contributed by atoms with van der Waals surface area (Å²) in [6.07, 6.45) is 3.43. The minimum absolute atomic E-state index is 0.0112. The highest BCUT2D eigenvalue weighted by Crippen LogP contribution is 2.41. The van der Waals surface area contributed by atoms with E-state index in [2.05, 4.69) is 15.3 Å². The standard InChI is InChI=1S/C21H23N3O2S2/c1-12(19(25)22-11-14-7-9-15(26-3)10-8-14)27-20-18-16-5-4-6-17(16)28-21(18)24-13(2)23-20/h7-10,12H,4-6,11H2,1-3H3,(H,22,25)/t12-/m0/s1. The molecule has 1 aromatic carbocycles. The highest BCUT2D eigenvalue weighted by Gasteiger charge is 2.24. The second-order valence-corrected chi connectivity index (χ2v) is 9.35. The van der Waals surface area contributed by atoms with Crippen LogP contribution in [0.25, 0.3) is 10.2 Å². The van der Waals surface area contributed by atoms with Crippen molar-refractivity contribution in [2.45, 2.75) is 49.9 Å². The summed E-state index contributed by atoms with van der Waals surface area (Å²) in [5.41, 5.74) is 2.44. The Bertz CT molecular complexity index is 1010. The van der Waals surface area contributed by atoms with Gasteiger partial charge in [-0.25, -0.2) is 9.97 Å². The maximum atomic E-state index is 12.6. The number of thiophene rings is 1. The smallest absolute Gasteiger partial charge is 0.233 e. The van der Waals surface area contributed by atoms with Gasteiger partial charge in [0.05, 0.1) is 12.4 Å². The first kappa shape index (κ1) is 19.2. The zero-order valence-corrected chi connectivity index (χ0v) is 17.9. The minimum Gasteiger partial charge on any atom is -0.497 e. The van der Waals surface area contributed by atoms with Crippen LogP contribution < -0.4 is 10.1 Å². The highest BCUT2D eigenvalue weighted by atomic mass is 32.2. The Balaban J connectivity index is 1.47. The molecule has 0 fully saturated rings. The molecule has 146 valence electrons. The van der Waals surface area contributed by atoms with Crippen LogP contribution in [-0.4, -0.2) is 28.2 Å². The number of amides is 1. The lowest BCUT2D eigenvalue weighted by Crippen LogP contribution is -2.30. The Hall–Kier alpha value is -2.12. The summed E-state index contributed by atoms with van der Waals surface area (Å²) >= 11 is 3.32. The molecule has 7 heteroatoms. The van der Waals surface area contributed by atoms with E-state index in [-0.39, 0.29) is 11.2 Å². The van der Waals surface area contributed by atoms with E-state index < -0.39 is 0 Å². The first-order valence-corrected chi connectivity index (χ1v) is 11.1. The quantitative estimate of drug-likeness (QED) is 0.482. The van der Waals surface area contributed by atoms with Crippen molar-refractivity contribution in [3.63, 3.8) is 0 Å². The number of carbonyl (C=O) groups excluding carboxylic acids is 1. The van der Waals surface area contributed by atoms with Crippen molar-refractivity contribution in [2.75, 3.05) is 7.11 Å². The molecular weight excluding hydrogens is 390 g/mol. The molecule has 0 saturated carbocycles. The van der Waals surface area contributed by atoms with E-state index in [0.717, 1.165) is 39.8 Å². The van der Waals surface area contributed by atoms with Gasteiger partial charge in [-0.1, -0.05) is 23.9 Å². The third kappa shape index (κ3) is 3.86. The van der Waals surface area contributed by atoms with Gasteiger partial charge in [-0.2, -0.15) is 0 Å². The predicted molar refractivity (Wildman–Crippen MR) is 114 cm³/mol. The summed E-state index contributed by atoms with van der Waals surface area (Å²) in [4.78, 5) is 24.4. The van der Waals surface area contributed by atoms with Gasteiger partial charge in [0.15, 0.2) is 0 Å². The fourth-order valence-corrected chi connectivity index (χ4v) is 5.87. The number of ether oxygens (including phenoxy) is 1. The van der Waals surface area contributed by atoms with Gasteiger partial charge in [0.2, 0.25) is 5.91 Å². The maximum Gasteiger partial charge on any atom is 0.233 e. The molecule has 4 rings (SSSR count). The molecule has 0 aliphatic heterocycles. The van der Waals surface area contributed by atoms with Gasteiger partial charge in [0.1, 0.15) is 21.4 Å². The van der Waals surface area contributed by atoms with Crippen molar-refractivity contribution >= 4 is 39.2 Å². The normalized spacial score (nSPS) is 14.1. The number of hydrogen-bond acceptors (Lipinski definition) is 6. The van der Waals surface area contributed by atoms with Gasteiger partial charge < -0.3 is 10.1 Å². The molecule has 2 heterocycles. The van der Waals surface area contributed by atoms with Crippen LogP contribution in [-0.2, 0) is 24.2 Å². The van der Waals surface area contributed by atoms with Gasteiger partial charge in [-0.3, -0.25) is 4.79 Å². The van der Waals surface area contributed by atoms with Crippen molar-refractivity contribution in [3.8, 4) is 5.75 Å². The van der Waals surface area contributed by atoms with Gasteiger partial charge in [-0.05, 0) is 56.4 Å². The molecule has 0 radical (unpaired) electrons. The van der Waals surface area contributed by atoms with E-state index in [1.165, 1.54) is 34.0 Å². The number of methoxy groups -OCH3 is 1. The molecule has 0 spiro atoms. The van der Waals surface area contributed by atoms with Crippen LogP contribution in [0.4, 0.5) is 0 Å². The zero-order chi connectivity index (χ0) is 19.7. The third-order valence-corrected chi connectivity index (χ3v) is 7.20. The number of carbonyl (C=O) groups is 1. The molecule has 28 heavy (non-hydrogen) atoms. The Morgan fingerprint density at radius 1 is 1.29 bits per heavy atom. The van der Waals surface area contributed by atoms with E-state index in [4.69, 9.17) is 4.74 Å². The molecular formula is C21H23N3O2S2. The number of rotatable bonds is 6. The van der Waals surface area contributed by atoms with Crippen LogP contribution in [0.15, 0.2) is 29.3 Å². The average molecular weight is 414 g/mol. The van der Waals surface area contributed by atoms with Crippen molar-refractivity contribution < 1.29 is 9.53 Å². The van der Waals surface area contributed by atoms with Gasteiger partial charge >= 0.3 is 0 Å². The monoisotopic (exact) mass is 413 g/mol. The average Bonchev–Trinajstić information content (AvgIpc) is 3.27. The zero-order valence-electron chi connectivity index (χ0n) is 16.2. The topological polar surface area (TPSA) is 64.1 Å². The summed E-state index contributed by atoms with van der Waals surface area (Å²) in [5.74, 6) is 1.59. The van der Waals surface area contributed by atoms with Gasteiger partial charge in [0.25, 0.3) is 0 Å². The van der Waals surface area contributed by atoms with Crippen LogP contribution >= 0.6 is 23.1 Å². The lowest BCUT2D eigenvalue weighted by Gasteiger charge is -2.13. The van der Waals surface area contributed by atoms with Crippen LogP contribution in [0.2, 0.25) is 0 Å². The Labute approximate surface area is 172 Å². The molecule has 0 bridgehead atoms. The molecule has 1 atom stereocenters. The first-order chi connectivity index (χ1) is 13.5. The molecule has 1 aliphatic carbocycles. The number of fused-ring (bicyclic) bond motifs is 3. The maximum absolute atomic E-state index is 12.6. The van der Waals surface area contributed by atoms with E-state index in [1.54, 1.807) is 18.4 Å². The molecule has 0 saturated heterocycles. The summed E-state index contributed by atoms with van der Waals surface area (Å²) in [6, 6.07) is 7.72. The fraction of sp³-hybridized carbons (Fsp3) is 0.381. The molecule has 5 nitrogen and oxygen atoms in total. The van der Waals surface area contributed by atoms with Crippen LogP contribution in [0.5, 0.6) is 5.75 Å². The molecule has 1 aliphatic rings. The summed E-state index contributed by atoms with van der Waals surface area (Å²) in [5, 5.41) is 4.90. The molecule has 3 aromatic rings. The number of hydrogen-bond donors (Lipinski definition) is 1. The van der Waals surface area contributed by atoms with E-state index in [1.807, 2.05) is 38.1 Å². The number of aryl methyl sites for hydroxylation is 3. The first-order valence-electron chi connectivity index (χ1n) is 9.41. The van der Waals surface area contributed by atoms with Gasteiger partial charge in [0, 0.05) is 16.8 Å². The van der Waals surface area contributed by atoms with Crippen LogP contribution in [0, 0.1) is 6.92 Å². The second-order valence-electron chi connectivity index (χ2n) is 6.94. The SMILES string of the molecule is COc1ccc(CNC(=O)[C@H](C)Sc2nc(C)nc3sc4c(c23)CCC4)cc1. The number of nitrogens with one attached hydrogen (secondary N) is 1. The minimum atomic E-state index is -0.229. The summed E-state index contributed by atoms with van der Waals surface area (Å²) in [6.45, 7) is 4.35. The molecule has 1 amide bonds. The van der Waals surface area contributed by atoms with E-state index in [9.17, 15) is 4.79 Å². The Morgan fingerprint density at radius 2 is 2.07 bits per heavy atom. The predicted octanol–water partition coefficient (Wildman–Crippen LogP) is 4.29. The third-order valence-electron chi connectivity index (χ3n) is 4.93. The number of thioether (sulfide) groups is 1. The number of nitrogens with zero attached hydrogens (tertiary/aromatic N) is 2. The molecule has 2 aromatic heterocycles. The Morgan fingerprint density at radius 3 is 2.82 bits per heavy atom. The molecule has 0 unspecified atom stereocenters. The number of benzene rings is 1. The van der Waals surface area contributed by atoms with Gasteiger partial charge in [-0.15, -0.1) is 11.3 Å². The van der Waals surface area contributed by atoms with Crippen molar-refractivity contribution in [1.29, 1.82) is 0 Å². The van der Waals surface area contributed by atoms with Crippen molar-refractivity contribution in [1.82, 2.24) is 15.3 Å². The Kier molecular flexibility index (Phi) is 5.55. The largest absolute Gasteiger partial charge is 0.497 e. The molecule has 1 N–H and O–H groups in total. The van der Waals surface area contributed by atoms with E-state index >= 15 is 0 Å². The highest BCUT2D eigenvalue weighted by molar-refractivity contribution is 8.00. The lowest BCUT2D eigenvalue weighted by atomic mass is 10.2. The number of aromatic nitrogens is 2. The summed E-state index contributed by atoms with van der Waals surface area (Å²) < 4.78 is 5.17.